The quantitative estimate of drug-likeness (QED) is 0.883. The normalized spacial score (nSPS) is 26.1. The van der Waals surface area contributed by atoms with Gasteiger partial charge >= 0.3 is 0 Å². The van der Waals surface area contributed by atoms with Gasteiger partial charge in [0.05, 0.1) is 5.60 Å². The van der Waals surface area contributed by atoms with Crippen molar-refractivity contribution in [2.75, 3.05) is 6.61 Å². The average Bonchev–Trinajstić information content (AvgIpc) is 2.45. The maximum atomic E-state index is 6.00. The van der Waals surface area contributed by atoms with Crippen molar-refractivity contribution < 1.29 is 4.74 Å². The number of nitrogens with one attached hydrogen (secondary N) is 1. The summed E-state index contributed by atoms with van der Waals surface area (Å²) in [7, 11) is 0. The average molecular weight is 273 g/mol. The molecule has 2 unspecified atom stereocenters. The molecule has 0 amide bonds. The standard InChI is InChI=1S/C18H27NO/c1-15(8-9-16-6-3-2-4-7-16)19-17-10-13-20-18(14-17)11-5-12-18/h2-4,6-7,15,17,19H,5,8-14H2,1H3. The summed E-state index contributed by atoms with van der Waals surface area (Å²) in [4.78, 5) is 0. The summed E-state index contributed by atoms with van der Waals surface area (Å²) >= 11 is 0. The minimum atomic E-state index is 0.259. The SMILES string of the molecule is CC(CCc1ccccc1)NC1CCOC2(CCC2)C1. The van der Waals surface area contributed by atoms with Gasteiger partial charge in [-0.3, -0.25) is 0 Å². The highest BCUT2D eigenvalue weighted by molar-refractivity contribution is 5.14. The van der Waals surface area contributed by atoms with E-state index in [2.05, 4.69) is 42.6 Å². The molecule has 1 aromatic carbocycles. The number of hydrogen-bond donors (Lipinski definition) is 1. The van der Waals surface area contributed by atoms with Crippen molar-refractivity contribution in [3.63, 3.8) is 0 Å². The van der Waals surface area contributed by atoms with Gasteiger partial charge in [-0.2, -0.15) is 0 Å². The molecule has 2 heteroatoms. The highest BCUT2D eigenvalue weighted by Crippen LogP contribution is 2.42. The molecule has 1 N–H and O–H groups in total. The van der Waals surface area contributed by atoms with Crippen LogP contribution in [0.4, 0.5) is 0 Å². The van der Waals surface area contributed by atoms with Gasteiger partial charge in [-0.1, -0.05) is 30.3 Å². The van der Waals surface area contributed by atoms with Crippen LogP contribution in [0.5, 0.6) is 0 Å². The highest BCUT2D eigenvalue weighted by Gasteiger charge is 2.42. The fourth-order valence-corrected chi connectivity index (χ4v) is 3.60. The molecule has 1 aromatic rings. The lowest BCUT2D eigenvalue weighted by molar-refractivity contribution is -0.136. The minimum Gasteiger partial charge on any atom is -0.375 e. The van der Waals surface area contributed by atoms with Crippen molar-refractivity contribution in [1.29, 1.82) is 0 Å². The third kappa shape index (κ3) is 3.42. The predicted octanol–water partition coefficient (Wildman–Crippen LogP) is 3.70. The van der Waals surface area contributed by atoms with Crippen LogP contribution in [-0.4, -0.2) is 24.3 Å². The van der Waals surface area contributed by atoms with Crippen LogP contribution in [0.3, 0.4) is 0 Å². The Labute approximate surface area is 122 Å². The first-order valence-corrected chi connectivity index (χ1v) is 8.20. The molecule has 2 fully saturated rings. The van der Waals surface area contributed by atoms with E-state index < -0.39 is 0 Å². The lowest BCUT2D eigenvalue weighted by atomic mass is 9.74. The van der Waals surface area contributed by atoms with Gasteiger partial charge in [-0.05, 0) is 57.4 Å². The van der Waals surface area contributed by atoms with Crippen LogP contribution in [-0.2, 0) is 11.2 Å². The van der Waals surface area contributed by atoms with E-state index in [-0.39, 0.29) is 5.60 Å². The summed E-state index contributed by atoms with van der Waals surface area (Å²) < 4.78 is 6.00. The van der Waals surface area contributed by atoms with Crippen LogP contribution in [0, 0.1) is 0 Å². The van der Waals surface area contributed by atoms with E-state index in [1.54, 1.807) is 0 Å². The fraction of sp³-hybridized carbons (Fsp3) is 0.667. The van der Waals surface area contributed by atoms with Crippen molar-refractivity contribution in [1.82, 2.24) is 5.32 Å². The Bertz CT molecular complexity index is 413. The van der Waals surface area contributed by atoms with E-state index in [4.69, 9.17) is 4.74 Å². The molecular formula is C18H27NO. The summed E-state index contributed by atoms with van der Waals surface area (Å²) in [5, 5.41) is 3.83. The fourth-order valence-electron chi connectivity index (χ4n) is 3.60. The lowest BCUT2D eigenvalue weighted by Gasteiger charge is -2.47. The second kappa shape index (κ2) is 6.28. The van der Waals surface area contributed by atoms with Gasteiger partial charge in [-0.25, -0.2) is 0 Å². The summed E-state index contributed by atoms with van der Waals surface area (Å²) in [6.45, 7) is 3.27. The first-order chi connectivity index (χ1) is 9.76. The van der Waals surface area contributed by atoms with Crippen molar-refractivity contribution in [2.24, 2.45) is 0 Å². The number of benzene rings is 1. The molecule has 1 spiro atoms. The summed E-state index contributed by atoms with van der Waals surface area (Å²) in [6.07, 6.45) is 8.71. The zero-order valence-electron chi connectivity index (χ0n) is 12.6. The van der Waals surface area contributed by atoms with Crippen molar-refractivity contribution >= 4 is 0 Å². The Morgan fingerprint density at radius 2 is 2.10 bits per heavy atom. The van der Waals surface area contributed by atoms with Gasteiger partial charge in [0.25, 0.3) is 0 Å². The van der Waals surface area contributed by atoms with Gasteiger partial charge in [0.1, 0.15) is 0 Å². The second-order valence-electron chi connectivity index (χ2n) is 6.67. The zero-order valence-corrected chi connectivity index (χ0v) is 12.6. The van der Waals surface area contributed by atoms with Gasteiger partial charge in [0.15, 0.2) is 0 Å². The third-order valence-electron chi connectivity index (χ3n) is 4.99. The predicted molar refractivity (Wildman–Crippen MR) is 82.9 cm³/mol. The first-order valence-electron chi connectivity index (χ1n) is 8.20. The van der Waals surface area contributed by atoms with E-state index >= 15 is 0 Å². The lowest BCUT2D eigenvalue weighted by Crippen LogP contribution is -2.52. The number of ether oxygens (including phenoxy) is 1. The topological polar surface area (TPSA) is 21.3 Å². The van der Waals surface area contributed by atoms with E-state index in [0.717, 1.165) is 6.61 Å². The molecule has 20 heavy (non-hydrogen) atoms. The van der Waals surface area contributed by atoms with E-state index in [9.17, 15) is 0 Å². The monoisotopic (exact) mass is 273 g/mol. The molecule has 110 valence electrons. The van der Waals surface area contributed by atoms with Crippen LogP contribution >= 0.6 is 0 Å². The molecule has 1 saturated heterocycles. The van der Waals surface area contributed by atoms with E-state index in [0.29, 0.717) is 12.1 Å². The molecule has 1 saturated carbocycles. The Morgan fingerprint density at radius 3 is 2.80 bits per heavy atom. The molecule has 1 aliphatic heterocycles. The summed E-state index contributed by atoms with van der Waals surface area (Å²) in [5.41, 5.74) is 1.71. The van der Waals surface area contributed by atoms with E-state index in [1.165, 1.54) is 50.5 Å². The molecule has 0 radical (unpaired) electrons. The van der Waals surface area contributed by atoms with Crippen molar-refractivity contribution in [3.8, 4) is 0 Å². The van der Waals surface area contributed by atoms with Gasteiger partial charge in [-0.15, -0.1) is 0 Å². The van der Waals surface area contributed by atoms with Crippen molar-refractivity contribution in [3.05, 3.63) is 35.9 Å². The van der Waals surface area contributed by atoms with E-state index in [1.807, 2.05) is 0 Å². The molecule has 2 nitrogen and oxygen atoms in total. The summed E-state index contributed by atoms with van der Waals surface area (Å²) in [6, 6.07) is 12.1. The largest absolute Gasteiger partial charge is 0.375 e. The smallest absolute Gasteiger partial charge is 0.0697 e. The molecule has 1 heterocycles. The third-order valence-corrected chi connectivity index (χ3v) is 4.99. The first kappa shape index (κ1) is 14.1. The molecule has 0 bridgehead atoms. The Balaban J connectivity index is 1.43. The molecule has 1 aliphatic carbocycles. The van der Waals surface area contributed by atoms with Crippen LogP contribution in [0.2, 0.25) is 0 Å². The maximum absolute atomic E-state index is 6.00. The van der Waals surface area contributed by atoms with Gasteiger partial charge < -0.3 is 10.1 Å². The number of hydrogen-bond acceptors (Lipinski definition) is 2. The number of rotatable bonds is 5. The molecule has 0 aromatic heterocycles. The molecular weight excluding hydrogens is 246 g/mol. The van der Waals surface area contributed by atoms with Crippen LogP contribution < -0.4 is 5.32 Å². The van der Waals surface area contributed by atoms with Crippen LogP contribution in [0.15, 0.2) is 30.3 Å². The summed E-state index contributed by atoms with van der Waals surface area (Å²) in [5.74, 6) is 0. The Kier molecular flexibility index (Phi) is 4.42. The molecule has 3 rings (SSSR count). The second-order valence-corrected chi connectivity index (χ2v) is 6.67. The minimum absolute atomic E-state index is 0.259. The van der Waals surface area contributed by atoms with Gasteiger partial charge in [0.2, 0.25) is 0 Å². The van der Waals surface area contributed by atoms with Crippen molar-refractivity contribution in [2.45, 2.75) is 69.6 Å². The number of aryl methyl sites for hydroxylation is 1. The van der Waals surface area contributed by atoms with Gasteiger partial charge in [0, 0.05) is 18.7 Å². The van der Waals surface area contributed by atoms with Crippen LogP contribution in [0.25, 0.3) is 0 Å². The molecule has 2 atom stereocenters. The molecule has 2 aliphatic rings. The highest BCUT2D eigenvalue weighted by atomic mass is 16.5. The Hall–Kier alpha value is -0.860. The Morgan fingerprint density at radius 1 is 1.30 bits per heavy atom. The van der Waals surface area contributed by atoms with Crippen LogP contribution in [0.1, 0.15) is 51.0 Å². The maximum Gasteiger partial charge on any atom is 0.0697 e. The zero-order chi connectivity index (χ0) is 13.8.